The minimum atomic E-state index is -0.328. The predicted molar refractivity (Wildman–Crippen MR) is 111 cm³/mol. The van der Waals surface area contributed by atoms with Crippen molar-refractivity contribution < 1.29 is 14.3 Å². The zero-order chi connectivity index (χ0) is 20.9. The third-order valence-corrected chi connectivity index (χ3v) is 5.26. The molecule has 2 amide bonds. The van der Waals surface area contributed by atoms with E-state index in [2.05, 4.69) is 20.5 Å². The molecule has 1 unspecified atom stereocenters. The van der Waals surface area contributed by atoms with Crippen LogP contribution in [0.25, 0.3) is 11.1 Å². The highest BCUT2D eigenvalue weighted by Crippen LogP contribution is 2.24. The van der Waals surface area contributed by atoms with Crippen molar-refractivity contribution in [1.29, 1.82) is 0 Å². The van der Waals surface area contributed by atoms with Crippen LogP contribution in [0.3, 0.4) is 0 Å². The topological polar surface area (TPSA) is 100 Å². The van der Waals surface area contributed by atoms with Crippen LogP contribution in [-0.4, -0.2) is 58.6 Å². The van der Waals surface area contributed by atoms with Crippen molar-refractivity contribution >= 4 is 11.8 Å². The third-order valence-electron chi connectivity index (χ3n) is 5.26. The van der Waals surface area contributed by atoms with Gasteiger partial charge in [0.25, 0.3) is 5.91 Å². The minimum Gasteiger partial charge on any atom is -0.497 e. The minimum absolute atomic E-state index is 0.0397. The van der Waals surface area contributed by atoms with Crippen LogP contribution in [0.15, 0.2) is 54.9 Å². The van der Waals surface area contributed by atoms with Crippen molar-refractivity contribution in [3.05, 3.63) is 66.2 Å². The molecule has 1 aliphatic heterocycles. The summed E-state index contributed by atoms with van der Waals surface area (Å²) < 4.78 is 5.20. The van der Waals surface area contributed by atoms with Crippen molar-refractivity contribution in [1.82, 2.24) is 25.4 Å². The molecule has 1 fully saturated rings. The lowest BCUT2D eigenvalue weighted by atomic mass is 9.96. The lowest BCUT2D eigenvalue weighted by Gasteiger charge is -2.22. The summed E-state index contributed by atoms with van der Waals surface area (Å²) in [5, 5.41) is 9.23. The first-order valence-corrected chi connectivity index (χ1v) is 9.80. The Morgan fingerprint density at radius 2 is 1.83 bits per heavy atom. The monoisotopic (exact) mass is 405 g/mol. The van der Waals surface area contributed by atoms with Gasteiger partial charge in [0, 0.05) is 19.6 Å². The predicted octanol–water partition coefficient (Wildman–Crippen LogP) is 1.91. The summed E-state index contributed by atoms with van der Waals surface area (Å²) >= 11 is 0. The molecule has 0 aliphatic carbocycles. The molecule has 2 aromatic carbocycles. The molecule has 3 aromatic rings. The highest BCUT2D eigenvalue weighted by Gasteiger charge is 2.29. The fourth-order valence-corrected chi connectivity index (χ4v) is 3.60. The van der Waals surface area contributed by atoms with Crippen LogP contribution in [0.5, 0.6) is 5.75 Å². The van der Waals surface area contributed by atoms with Gasteiger partial charge in [-0.3, -0.25) is 14.7 Å². The summed E-state index contributed by atoms with van der Waals surface area (Å²) in [6.45, 7) is 1.20. The highest BCUT2D eigenvalue weighted by atomic mass is 16.5. The first-order valence-electron chi connectivity index (χ1n) is 9.80. The molecule has 0 saturated carbocycles. The van der Waals surface area contributed by atoms with Gasteiger partial charge < -0.3 is 15.0 Å². The quantitative estimate of drug-likeness (QED) is 0.675. The van der Waals surface area contributed by atoms with Crippen LogP contribution in [-0.2, 0) is 11.2 Å². The number of nitrogens with one attached hydrogen (secondary N) is 2. The largest absolute Gasteiger partial charge is 0.497 e. The number of carbonyl (C=O) groups excluding carboxylic acids is 2. The van der Waals surface area contributed by atoms with Gasteiger partial charge in [-0.1, -0.05) is 36.4 Å². The second-order valence-corrected chi connectivity index (χ2v) is 7.20. The van der Waals surface area contributed by atoms with E-state index in [0.29, 0.717) is 26.1 Å². The second kappa shape index (κ2) is 8.77. The Morgan fingerprint density at radius 1 is 1.13 bits per heavy atom. The molecule has 0 bridgehead atoms. The Hall–Kier alpha value is -3.68. The fraction of sp³-hybridized carbons (Fsp3) is 0.273. The molecule has 2 heterocycles. The Kier molecular flexibility index (Phi) is 5.74. The van der Waals surface area contributed by atoms with Crippen LogP contribution in [0.2, 0.25) is 0 Å². The number of aromatic amines is 1. The van der Waals surface area contributed by atoms with Gasteiger partial charge in [0.05, 0.1) is 13.0 Å². The molecule has 0 spiro atoms. The Morgan fingerprint density at radius 3 is 2.47 bits per heavy atom. The summed E-state index contributed by atoms with van der Waals surface area (Å²) in [6.07, 6.45) is 1.85. The fourth-order valence-electron chi connectivity index (χ4n) is 3.60. The van der Waals surface area contributed by atoms with Crippen LogP contribution in [0.1, 0.15) is 16.2 Å². The molecule has 8 heteroatoms. The summed E-state index contributed by atoms with van der Waals surface area (Å²) in [4.78, 5) is 30.7. The molecule has 8 nitrogen and oxygen atoms in total. The molecule has 4 rings (SSSR count). The lowest BCUT2D eigenvalue weighted by Crippen LogP contribution is -2.37. The summed E-state index contributed by atoms with van der Waals surface area (Å²) in [7, 11) is 1.65. The van der Waals surface area contributed by atoms with Crippen LogP contribution < -0.4 is 10.1 Å². The van der Waals surface area contributed by atoms with Gasteiger partial charge in [-0.25, -0.2) is 4.98 Å². The molecular formula is C22H23N5O3. The van der Waals surface area contributed by atoms with Crippen LogP contribution in [0, 0.1) is 5.92 Å². The molecule has 1 aliphatic rings. The molecular weight excluding hydrogens is 382 g/mol. The number of hydrogen-bond donors (Lipinski definition) is 2. The number of aromatic nitrogens is 3. The molecule has 154 valence electrons. The zero-order valence-corrected chi connectivity index (χ0v) is 16.7. The smallest absolute Gasteiger partial charge is 0.291 e. The third kappa shape index (κ3) is 4.32. The summed E-state index contributed by atoms with van der Waals surface area (Å²) in [5.74, 6) is 0.392. The van der Waals surface area contributed by atoms with Gasteiger partial charge in [-0.05, 0) is 35.2 Å². The number of ether oxygens (including phenoxy) is 1. The van der Waals surface area contributed by atoms with E-state index in [0.717, 1.165) is 22.4 Å². The van der Waals surface area contributed by atoms with Crippen molar-refractivity contribution in [2.24, 2.45) is 5.92 Å². The molecule has 1 saturated heterocycles. The van der Waals surface area contributed by atoms with E-state index in [1.807, 2.05) is 48.5 Å². The van der Waals surface area contributed by atoms with E-state index < -0.39 is 0 Å². The van der Waals surface area contributed by atoms with E-state index in [9.17, 15) is 9.59 Å². The molecule has 0 radical (unpaired) electrons. The SMILES string of the molecule is COc1ccc(-c2ccc(CC3CN(C(=O)c4ncn[nH]4)CCNC3=O)cc2)cc1. The first kappa shape index (κ1) is 19.6. The van der Waals surface area contributed by atoms with Gasteiger partial charge >= 0.3 is 0 Å². The van der Waals surface area contributed by atoms with Gasteiger partial charge in [-0.2, -0.15) is 5.10 Å². The van der Waals surface area contributed by atoms with Crippen molar-refractivity contribution in [2.75, 3.05) is 26.7 Å². The zero-order valence-electron chi connectivity index (χ0n) is 16.7. The second-order valence-electron chi connectivity index (χ2n) is 7.20. The van der Waals surface area contributed by atoms with Gasteiger partial charge in [0.2, 0.25) is 11.7 Å². The van der Waals surface area contributed by atoms with E-state index in [1.165, 1.54) is 6.33 Å². The number of H-pyrrole nitrogens is 1. The maximum absolute atomic E-state index is 12.6. The number of benzene rings is 2. The van der Waals surface area contributed by atoms with E-state index in [1.54, 1.807) is 12.0 Å². The van der Waals surface area contributed by atoms with E-state index in [4.69, 9.17) is 4.74 Å². The molecule has 30 heavy (non-hydrogen) atoms. The lowest BCUT2D eigenvalue weighted by molar-refractivity contribution is -0.124. The maximum atomic E-state index is 12.6. The number of hydrogen-bond acceptors (Lipinski definition) is 5. The molecule has 1 atom stereocenters. The van der Waals surface area contributed by atoms with Gasteiger partial charge in [0.15, 0.2) is 0 Å². The van der Waals surface area contributed by atoms with Crippen molar-refractivity contribution in [3.8, 4) is 16.9 Å². The van der Waals surface area contributed by atoms with E-state index >= 15 is 0 Å². The number of nitrogens with zero attached hydrogens (tertiary/aromatic N) is 3. The highest BCUT2D eigenvalue weighted by molar-refractivity contribution is 5.91. The van der Waals surface area contributed by atoms with Crippen molar-refractivity contribution in [3.63, 3.8) is 0 Å². The Labute approximate surface area is 174 Å². The molecule has 2 N–H and O–H groups in total. The molecule has 1 aromatic heterocycles. The summed E-state index contributed by atoms with van der Waals surface area (Å²) in [6, 6.07) is 16.0. The van der Waals surface area contributed by atoms with Gasteiger partial charge in [-0.15, -0.1) is 0 Å². The Balaban J connectivity index is 1.46. The van der Waals surface area contributed by atoms with Crippen LogP contribution in [0.4, 0.5) is 0 Å². The normalized spacial score (nSPS) is 16.6. The standard InChI is InChI=1S/C22H23N5O3/c1-30-19-8-6-17(7-9-19)16-4-2-15(3-5-16)12-18-13-27(11-10-23-21(18)28)22(29)20-24-14-25-26-20/h2-9,14,18H,10-13H2,1H3,(H,23,28)(H,24,25,26). The van der Waals surface area contributed by atoms with E-state index in [-0.39, 0.29) is 23.6 Å². The van der Waals surface area contributed by atoms with Crippen LogP contribution >= 0.6 is 0 Å². The Bertz CT molecular complexity index is 1000. The number of amides is 2. The number of rotatable bonds is 5. The first-order chi connectivity index (χ1) is 14.6. The average molecular weight is 405 g/mol. The average Bonchev–Trinajstić information content (AvgIpc) is 3.26. The van der Waals surface area contributed by atoms with Gasteiger partial charge in [0.1, 0.15) is 12.1 Å². The number of methoxy groups -OCH3 is 1. The maximum Gasteiger partial charge on any atom is 0.291 e. The number of carbonyl (C=O) groups is 2. The van der Waals surface area contributed by atoms with Crippen molar-refractivity contribution in [2.45, 2.75) is 6.42 Å². The summed E-state index contributed by atoms with van der Waals surface area (Å²) in [5.41, 5.74) is 3.23.